The summed E-state index contributed by atoms with van der Waals surface area (Å²) in [4.78, 5) is 12.7. The zero-order valence-electron chi connectivity index (χ0n) is 16.7. The normalized spacial score (nSPS) is 12.6. The largest absolute Gasteiger partial charge is 0.494 e. The van der Waals surface area contributed by atoms with Crippen LogP contribution in [0.4, 0.5) is 0 Å². The van der Waals surface area contributed by atoms with Crippen LogP contribution in [-0.2, 0) is 21.2 Å². The summed E-state index contributed by atoms with van der Waals surface area (Å²) in [5.74, 6) is 0.282. The molecule has 0 aromatic heterocycles. The van der Waals surface area contributed by atoms with Crippen LogP contribution < -0.4 is 14.8 Å². The lowest BCUT2D eigenvalue weighted by atomic mass is 10.1. The fourth-order valence-corrected chi connectivity index (χ4v) is 4.06. The summed E-state index contributed by atoms with van der Waals surface area (Å²) >= 11 is 0. The Morgan fingerprint density at radius 1 is 1.11 bits per heavy atom. The van der Waals surface area contributed by atoms with Gasteiger partial charge in [0, 0.05) is 6.04 Å². The molecule has 0 aliphatic carbocycles. The highest BCUT2D eigenvalue weighted by atomic mass is 32.2. The van der Waals surface area contributed by atoms with Crippen LogP contribution in [0, 0.1) is 6.92 Å². The molecule has 0 aliphatic heterocycles. The number of carbonyl (C=O) groups excluding carboxylic acids is 1. The number of rotatable bonds is 9. The van der Waals surface area contributed by atoms with Crippen LogP contribution in [0.1, 0.15) is 31.9 Å². The van der Waals surface area contributed by atoms with Gasteiger partial charge in [-0.3, -0.25) is 4.79 Å². The number of carbonyl (C=O) groups is 1. The first-order chi connectivity index (χ1) is 13.2. The number of hydrogen-bond acceptors (Lipinski definition) is 4. The molecule has 0 fully saturated rings. The van der Waals surface area contributed by atoms with Crippen LogP contribution in [0.2, 0.25) is 0 Å². The molecular weight excluding hydrogens is 376 g/mol. The molecule has 0 heterocycles. The van der Waals surface area contributed by atoms with Crippen molar-refractivity contribution in [2.45, 2.75) is 51.1 Å². The van der Waals surface area contributed by atoms with Crippen LogP contribution in [0.3, 0.4) is 0 Å². The number of amides is 1. The predicted molar refractivity (Wildman–Crippen MR) is 110 cm³/mol. The van der Waals surface area contributed by atoms with E-state index in [1.807, 2.05) is 51.1 Å². The molecule has 0 aliphatic rings. The van der Waals surface area contributed by atoms with Crippen molar-refractivity contribution in [2.75, 3.05) is 6.61 Å². The summed E-state index contributed by atoms with van der Waals surface area (Å²) in [6.07, 6.45) is 0.259. The maximum atomic E-state index is 12.9. The van der Waals surface area contributed by atoms with Gasteiger partial charge in [-0.15, -0.1) is 0 Å². The van der Waals surface area contributed by atoms with Crippen LogP contribution in [0.5, 0.6) is 5.75 Å². The van der Waals surface area contributed by atoms with Gasteiger partial charge in [-0.05, 0) is 63.4 Å². The molecule has 28 heavy (non-hydrogen) atoms. The van der Waals surface area contributed by atoms with Gasteiger partial charge in [0.25, 0.3) is 0 Å². The Morgan fingerprint density at radius 3 is 2.36 bits per heavy atom. The average molecular weight is 405 g/mol. The number of benzene rings is 2. The van der Waals surface area contributed by atoms with E-state index < -0.39 is 16.1 Å². The molecule has 0 spiro atoms. The number of hydrogen-bond donors (Lipinski definition) is 2. The van der Waals surface area contributed by atoms with Crippen LogP contribution in [-0.4, -0.2) is 33.0 Å². The molecule has 0 unspecified atom stereocenters. The maximum Gasteiger partial charge on any atom is 0.241 e. The fourth-order valence-electron chi connectivity index (χ4n) is 2.78. The minimum Gasteiger partial charge on any atom is -0.494 e. The van der Waals surface area contributed by atoms with Crippen molar-refractivity contribution in [3.8, 4) is 5.75 Å². The van der Waals surface area contributed by atoms with Crippen molar-refractivity contribution >= 4 is 15.9 Å². The van der Waals surface area contributed by atoms with E-state index in [1.54, 1.807) is 19.1 Å². The SMILES string of the molecule is CCOc1ccc(S(=O)(=O)N[C@H](Cc2ccccc2)C(=O)NC(C)C)cc1C. The molecule has 0 radical (unpaired) electrons. The lowest BCUT2D eigenvalue weighted by molar-refractivity contribution is -0.123. The Morgan fingerprint density at radius 2 is 1.79 bits per heavy atom. The number of aryl methyl sites for hydroxylation is 1. The summed E-state index contributed by atoms with van der Waals surface area (Å²) in [7, 11) is -3.88. The van der Waals surface area contributed by atoms with Gasteiger partial charge in [0.2, 0.25) is 15.9 Å². The van der Waals surface area contributed by atoms with E-state index >= 15 is 0 Å². The number of nitrogens with one attached hydrogen (secondary N) is 2. The highest BCUT2D eigenvalue weighted by Crippen LogP contribution is 2.22. The second-order valence-electron chi connectivity index (χ2n) is 6.89. The van der Waals surface area contributed by atoms with E-state index in [2.05, 4.69) is 10.0 Å². The van der Waals surface area contributed by atoms with Gasteiger partial charge < -0.3 is 10.1 Å². The molecule has 7 heteroatoms. The lowest BCUT2D eigenvalue weighted by Crippen LogP contribution is -2.49. The molecule has 2 aromatic rings. The highest BCUT2D eigenvalue weighted by Gasteiger charge is 2.26. The van der Waals surface area contributed by atoms with Crippen molar-refractivity contribution in [3.63, 3.8) is 0 Å². The van der Waals surface area contributed by atoms with E-state index in [9.17, 15) is 13.2 Å². The average Bonchev–Trinajstić information content (AvgIpc) is 2.63. The third kappa shape index (κ3) is 6.07. The monoisotopic (exact) mass is 404 g/mol. The zero-order chi connectivity index (χ0) is 20.7. The smallest absolute Gasteiger partial charge is 0.241 e. The fraction of sp³-hybridized carbons (Fsp3) is 0.381. The first-order valence-corrected chi connectivity index (χ1v) is 10.8. The minimum absolute atomic E-state index is 0.0944. The maximum absolute atomic E-state index is 12.9. The summed E-state index contributed by atoms with van der Waals surface area (Å²) in [5.41, 5.74) is 1.59. The van der Waals surface area contributed by atoms with Gasteiger partial charge in [0.15, 0.2) is 0 Å². The van der Waals surface area contributed by atoms with Crippen molar-refractivity contribution < 1.29 is 17.9 Å². The molecule has 0 bridgehead atoms. The predicted octanol–water partition coefficient (Wildman–Crippen LogP) is 2.81. The van der Waals surface area contributed by atoms with E-state index in [1.165, 1.54) is 6.07 Å². The van der Waals surface area contributed by atoms with E-state index in [4.69, 9.17) is 4.74 Å². The minimum atomic E-state index is -3.88. The van der Waals surface area contributed by atoms with Gasteiger partial charge >= 0.3 is 0 Å². The topological polar surface area (TPSA) is 84.5 Å². The van der Waals surface area contributed by atoms with E-state index in [0.29, 0.717) is 12.4 Å². The van der Waals surface area contributed by atoms with Crippen molar-refractivity contribution in [2.24, 2.45) is 0 Å². The van der Waals surface area contributed by atoms with Gasteiger partial charge in [-0.25, -0.2) is 8.42 Å². The van der Waals surface area contributed by atoms with Gasteiger partial charge in [0.1, 0.15) is 11.8 Å². The van der Waals surface area contributed by atoms with E-state index in [0.717, 1.165) is 11.1 Å². The van der Waals surface area contributed by atoms with Crippen molar-refractivity contribution in [1.29, 1.82) is 0 Å². The Hall–Kier alpha value is -2.38. The molecule has 1 amide bonds. The third-order valence-corrected chi connectivity index (χ3v) is 5.55. The van der Waals surface area contributed by atoms with Gasteiger partial charge in [-0.1, -0.05) is 30.3 Å². The summed E-state index contributed by atoms with van der Waals surface area (Å²) in [5, 5.41) is 2.79. The molecule has 0 saturated heterocycles. The molecule has 0 saturated carbocycles. The molecule has 2 N–H and O–H groups in total. The molecule has 152 valence electrons. The van der Waals surface area contributed by atoms with E-state index in [-0.39, 0.29) is 23.3 Å². The first kappa shape index (κ1) is 21.9. The van der Waals surface area contributed by atoms with Gasteiger partial charge in [-0.2, -0.15) is 4.72 Å². The summed E-state index contributed by atoms with van der Waals surface area (Å²) in [6.45, 7) is 7.83. The Kier molecular flexibility index (Phi) is 7.60. The Bertz CT molecular complexity index is 896. The first-order valence-electron chi connectivity index (χ1n) is 9.33. The second-order valence-corrected chi connectivity index (χ2v) is 8.60. The highest BCUT2D eigenvalue weighted by molar-refractivity contribution is 7.89. The lowest BCUT2D eigenvalue weighted by Gasteiger charge is -2.20. The molecule has 2 rings (SSSR count). The molecular formula is C21H28N2O4S. The third-order valence-electron chi connectivity index (χ3n) is 4.08. The standard InChI is InChI=1S/C21H28N2O4S/c1-5-27-20-12-11-18(13-16(20)4)28(25,26)23-19(21(24)22-15(2)3)14-17-9-7-6-8-10-17/h6-13,15,19,23H,5,14H2,1-4H3,(H,22,24)/t19-/m1/s1. The van der Waals surface area contributed by atoms with Crippen molar-refractivity contribution in [3.05, 3.63) is 59.7 Å². The molecule has 6 nitrogen and oxygen atoms in total. The summed E-state index contributed by atoms with van der Waals surface area (Å²) in [6, 6.07) is 13.0. The summed E-state index contributed by atoms with van der Waals surface area (Å²) < 4.78 is 33.9. The van der Waals surface area contributed by atoms with Crippen LogP contribution in [0.15, 0.2) is 53.4 Å². The van der Waals surface area contributed by atoms with Crippen LogP contribution in [0.25, 0.3) is 0 Å². The number of ether oxygens (including phenoxy) is 1. The number of sulfonamides is 1. The molecule has 1 atom stereocenters. The van der Waals surface area contributed by atoms with Gasteiger partial charge in [0.05, 0.1) is 11.5 Å². The van der Waals surface area contributed by atoms with Crippen molar-refractivity contribution in [1.82, 2.24) is 10.0 Å². The zero-order valence-corrected chi connectivity index (χ0v) is 17.5. The second kappa shape index (κ2) is 9.71. The molecule has 2 aromatic carbocycles. The Balaban J connectivity index is 2.28. The Labute approximate surface area is 167 Å². The quantitative estimate of drug-likeness (QED) is 0.673. The van der Waals surface area contributed by atoms with Crippen LogP contribution >= 0.6 is 0 Å².